The van der Waals surface area contributed by atoms with Crippen LogP contribution < -0.4 is 11.2 Å². The average Bonchev–Trinajstić information content (AvgIpc) is 3.04. The number of hydrogen-bond acceptors (Lipinski definition) is 5. The van der Waals surface area contributed by atoms with E-state index in [1.54, 1.807) is 26.8 Å². The normalized spacial score (nSPS) is 12.4. The van der Waals surface area contributed by atoms with E-state index >= 15 is 0 Å². The quantitative estimate of drug-likeness (QED) is 0.359. The van der Waals surface area contributed by atoms with Gasteiger partial charge in [-0.25, -0.2) is 14.0 Å². The van der Waals surface area contributed by atoms with Crippen LogP contribution in [-0.2, 0) is 24.2 Å². The average molecular weight is 501 g/mol. The van der Waals surface area contributed by atoms with Crippen molar-refractivity contribution in [2.45, 2.75) is 65.4 Å². The lowest BCUT2D eigenvalue weighted by Gasteiger charge is -2.19. The van der Waals surface area contributed by atoms with Crippen LogP contribution in [0.1, 0.15) is 48.0 Å². The molecule has 34 heavy (non-hydrogen) atoms. The second-order valence-corrected chi connectivity index (χ2v) is 9.83. The molecule has 11 heteroatoms. The summed E-state index contributed by atoms with van der Waals surface area (Å²) in [5, 5.41) is -0.0267. The van der Waals surface area contributed by atoms with Gasteiger partial charge in [0.25, 0.3) is 5.56 Å². The van der Waals surface area contributed by atoms with E-state index in [1.165, 1.54) is 25.1 Å². The largest absolute Gasteiger partial charge is 0.456 e. The second kappa shape index (κ2) is 9.36. The minimum absolute atomic E-state index is 0.0191. The molecule has 6 nitrogen and oxygen atoms in total. The number of aryl methyl sites for hydroxylation is 3. The van der Waals surface area contributed by atoms with Crippen molar-refractivity contribution in [3.63, 3.8) is 0 Å². The standard InChI is InChI=1S/C23H24F4N2O4S/c1-13-16-18(30)28(11-9-14-7-5-6-8-15(14)24)21(32)29(12-10-23(25,26)27)19(16)34-17(13)20(31)33-22(2,3)4/h5-8H,9-12H2,1-4H3. The molecule has 2 heterocycles. The Hall–Kier alpha value is -2.95. The highest BCUT2D eigenvalue weighted by molar-refractivity contribution is 7.20. The highest BCUT2D eigenvalue weighted by Crippen LogP contribution is 2.30. The van der Waals surface area contributed by atoms with Crippen molar-refractivity contribution >= 4 is 27.5 Å². The van der Waals surface area contributed by atoms with Crippen molar-refractivity contribution in [2.24, 2.45) is 0 Å². The molecule has 0 aliphatic carbocycles. The van der Waals surface area contributed by atoms with E-state index in [1.807, 2.05) is 0 Å². The number of fused-ring (bicyclic) bond motifs is 1. The fraction of sp³-hybridized carbons (Fsp3) is 0.435. The number of carbonyl (C=O) groups is 1. The maximum absolute atomic E-state index is 14.0. The lowest BCUT2D eigenvalue weighted by molar-refractivity contribution is -0.136. The number of benzene rings is 1. The topological polar surface area (TPSA) is 70.3 Å². The molecule has 3 aromatic rings. The van der Waals surface area contributed by atoms with Gasteiger partial charge in [-0.3, -0.25) is 13.9 Å². The molecule has 0 amide bonds. The van der Waals surface area contributed by atoms with Crippen LogP contribution in [0.2, 0.25) is 0 Å². The molecule has 1 aromatic carbocycles. The molecular formula is C23H24F4N2O4S. The van der Waals surface area contributed by atoms with Crippen LogP contribution >= 0.6 is 11.3 Å². The van der Waals surface area contributed by atoms with Gasteiger partial charge < -0.3 is 4.74 Å². The van der Waals surface area contributed by atoms with Crippen LogP contribution in [0.4, 0.5) is 17.6 Å². The van der Waals surface area contributed by atoms with E-state index in [-0.39, 0.29) is 39.2 Å². The molecule has 0 radical (unpaired) electrons. The number of esters is 1. The summed E-state index contributed by atoms with van der Waals surface area (Å²) in [5.41, 5.74) is -2.06. The van der Waals surface area contributed by atoms with Gasteiger partial charge in [0.2, 0.25) is 0 Å². The van der Waals surface area contributed by atoms with E-state index < -0.39 is 47.8 Å². The van der Waals surface area contributed by atoms with Crippen LogP contribution in [-0.4, -0.2) is 26.9 Å². The first kappa shape index (κ1) is 25.7. The maximum atomic E-state index is 14.0. The first-order chi connectivity index (χ1) is 15.7. The number of thiophene rings is 1. The van der Waals surface area contributed by atoms with Gasteiger partial charge in [0.05, 0.1) is 11.8 Å². The van der Waals surface area contributed by atoms with Crippen molar-refractivity contribution in [1.82, 2.24) is 9.13 Å². The third-order valence-electron chi connectivity index (χ3n) is 5.06. The number of rotatable bonds is 6. The Kier molecular flexibility index (Phi) is 7.07. The first-order valence-electron chi connectivity index (χ1n) is 10.5. The number of hydrogen-bond donors (Lipinski definition) is 0. The second-order valence-electron chi connectivity index (χ2n) is 8.84. The first-order valence-corrected chi connectivity index (χ1v) is 11.3. The summed E-state index contributed by atoms with van der Waals surface area (Å²) >= 11 is 0.752. The number of nitrogens with zero attached hydrogens (tertiary/aromatic N) is 2. The Morgan fingerprint density at radius 2 is 1.71 bits per heavy atom. The smallest absolute Gasteiger partial charge is 0.390 e. The predicted molar refractivity (Wildman–Crippen MR) is 121 cm³/mol. The summed E-state index contributed by atoms with van der Waals surface area (Å²) in [6.07, 6.45) is -5.86. The minimum Gasteiger partial charge on any atom is -0.456 e. The van der Waals surface area contributed by atoms with Crippen LogP contribution in [0.25, 0.3) is 10.2 Å². The van der Waals surface area contributed by atoms with E-state index in [4.69, 9.17) is 4.74 Å². The van der Waals surface area contributed by atoms with Crippen molar-refractivity contribution < 1.29 is 27.1 Å². The summed E-state index contributed by atoms with van der Waals surface area (Å²) in [4.78, 5) is 39.0. The lowest BCUT2D eigenvalue weighted by atomic mass is 10.1. The number of aromatic nitrogens is 2. The fourth-order valence-electron chi connectivity index (χ4n) is 3.48. The molecule has 184 valence electrons. The molecule has 0 bridgehead atoms. The molecule has 0 atom stereocenters. The number of halogens is 4. The zero-order chi connectivity index (χ0) is 25.4. The molecule has 0 fully saturated rings. The summed E-state index contributed by atoms with van der Waals surface area (Å²) in [6.45, 7) is 5.48. The Morgan fingerprint density at radius 1 is 1.06 bits per heavy atom. The minimum atomic E-state index is -4.54. The van der Waals surface area contributed by atoms with E-state index in [9.17, 15) is 31.9 Å². The highest BCUT2D eigenvalue weighted by Gasteiger charge is 2.30. The molecular weight excluding hydrogens is 476 g/mol. The monoisotopic (exact) mass is 500 g/mol. The summed E-state index contributed by atoms with van der Waals surface area (Å²) in [5.74, 6) is -1.26. The van der Waals surface area contributed by atoms with Crippen molar-refractivity contribution in [1.29, 1.82) is 0 Å². The van der Waals surface area contributed by atoms with E-state index in [0.717, 1.165) is 20.5 Å². The number of carbonyl (C=O) groups excluding carboxylic acids is 1. The van der Waals surface area contributed by atoms with Crippen LogP contribution in [0.3, 0.4) is 0 Å². The van der Waals surface area contributed by atoms with Gasteiger partial charge in [-0.05, 0) is 51.3 Å². The molecule has 0 saturated carbocycles. The summed E-state index contributed by atoms with van der Waals surface area (Å²) in [7, 11) is 0. The summed E-state index contributed by atoms with van der Waals surface area (Å²) in [6, 6.07) is 5.83. The van der Waals surface area contributed by atoms with Gasteiger partial charge in [-0.15, -0.1) is 11.3 Å². The molecule has 0 N–H and O–H groups in total. The van der Waals surface area contributed by atoms with Crippen molar-refractivity contribution in [3.8, 4) is 0 Å². The van der Waals surface area contributed by atoms with E-state index in [2.05, 4.69) is 0 Å². The molecule has 0 aliphatic rings. The third kappa shape index (κ3) is 5.57. The van der Waals surface area contributed by atoms with Crippen molar-refractivity contribution in [2.75, 3.05) is 0 Å². The molecule has 0 spiro atoms. The van der Waals surface area contributed by atoms with Gasteiger partial charge >= 0.3 is 17.8 Å². The number of ether oxygens (including phenoxy) is 1. The van der Waals surface area contributed by atoms with Gasteiger partial charge in [-0.2, -0.15) is 13.2 Å². The molecule has 3 rings (SSSR count). The van der Waals surface area contributed by atoms with Crippen LogP contribution in [0, 0.1) is 12.7 Å². The maximum Gasteiger partial charge on any atom is 0.390 e. The van der Waals surface area contributed by atoms with Gasteiger partial charge in [0, 0.05) is 13.1 Å². The molecule has 0 unspecified atom stereocenters. The predicted octanol–water partition coefficient (Wildman–Crippen LogP) is 4.82. The lowest BCUT2D eigenvalue weighted by Crippen LogP contribution is -2.40. The fourth-order valence-corrected chi connectivity index (χ4v) is 4.68. The number of alkyl halides is 3. The van der Waals surface area contributed by atoms with Crippen LogP contribution in [0.15, 0.2) is 33.9 Å². The molecule has 0 aliphatic heterocycles. The Morgan fingerprint density at radius 3 is 2.29 bits per heavy atom. The third-order valence-corrected chi connectivity index (χ3v) is 6.35. The highest BCUT2D eigenvalue weighted by atomic mass is 32.1. The molecule has 2 aromatic heterocycles. The Balaban J connectivity index is 2.17. The summed E-state index contributed by atoms with van der Waals surface area (Å²) < 4.78 is 59.9. The molecule has 0 saturated heterocycles. The Bertz CT molecular complexity index is 1350. The van der Waals surface area contributed by atoms with Crippen LogP contribution in [0.5, 0.6) is 0 Å². The van der Waals surface area contributed by atoms with Gasteiger partial charge in [0.15, 0.2) is 0 Å². The van der Waals surface area contributed by atoms with Gasteiger partial charge in [0.1, 0.15) is 21.1 Å². The zero-order valence-corrected chi connectivity index (χ0v) is 19.9. The Labute approximate surface area is 196 Å². The van der Waals surface area contributed by atoms with Crippen molar-refractivity contribution in [3.05, 3.63) is 66.9 Å². The SMILES string of the molecule is Cc1c(C(=O)OC(C)(C)C)sc2c1c(=O)n(CCc1ccccc1F)c(=O)n2CCC(F)(F)F. The van der Waals surface area contributed by atoms with Gasteiger partial charge in [-0.1, -0.05) is 18.2 Å². The zero-order valence-electron chi connectivity index (χ0n) is 19.1. The van der Waals surface area contributed by atoms with E-state index in [0.29, 0.717) is 0 Å².